The van der Waals surface area contributed by atoms with Gasteiger partial charge in [-0.25, -0.2) is 0 Å². The molecule has 1 aliphatic rings. The number of carbonyl (C=O) groups excluding carboxylic acids is 1. The molecule has 0 saturated heterocycles. The Kier molecular flexibility index (Phi) is 4.84. The van der Waals surface area contributed by atoms with Gasteiger partial charge in [0.25, 0.3) is 5.91 Å². The minimum absolute atomic E-state index is 0.0387. The van der Waals surface area contributed by atoms with Gasteiger partial charge in [-0.1, -0.05) is 42.7 Å². The van der Waals surface area contributed by atoms with Crippen molar-refractivity contribution in [3.8, 4) is 0 Å². The second kappa shape index (κ2) is 7.01. The molecule has 0 unspecified atom stereocenters. The summed E-state index contributed by atoms with van der Waals surface area (Å²) in [6.07, 6.45) is 5.22. The van der Waals surface area contributed by atoms with Crippen molar-refractivity contribution >= 4 is 23.4 Å². The summed E-state index contributed by atoms with van der Waals surface area (Å²) in [6.45, 7) is 2.00. The lowest BCUT2D eigenvalue weighted by Gasteiger charge is -2.14. The monoisotopic (exact) mass is 311 g/mol. The molecule has 2 aromatic rings. The first-order valence-corrected chi connectivity index (χ1v) is 8.74. The number of hydrogen-bond donors (Lipinski definition) is 1. The third-order valence-corrected chi connectivity index (χ3v) is 5.43. The summed E-state index contributed by atoms with van der Waals surface area (Å²) >= 11 is 1.90. The number of hydrogen-bond acceptors (Lipinski definition) is 2. The lowest BCUT2D eigenvalue weighted by atomic mass is 10.1. The van der Waals surface area contributed by atoms with E-state index in [1.165, 1.54) is 30.6 Å². The summed E-state index contributed by atoms with van der Waals surface area (Å²) in [5, 5.41) is 3.76. The predicted molar refractivity (Wildman–Crippen MR) is 93.7 cm³/mol. The first-order chi connectivity index (χ1) is 10.7. The smallest absolute Gasteiger partial charge is 0.255 e. The van der Waals surface area contributed by atoms with Crippen LogP contribution in [0.4, 0.5) is 5.69 Å². The molecule has 0 spiro atoms. The van der Waals surface area contributed by atoms with Crippen molar-refractivity contribution in [2.75, 3.05) is 5.32 Å². The van der Waals surface area contributed by atoms with E-state index in [0.29, 0.717) is 10.8 Å². The molecule has 0 aliphatic heterocycles. The number of thioether (sulfide) groups is 1. The van der Waals surface area contributed by atoms with Crippen molar-refractivity contribution in [1.82, 2.24) is 0 Å². The van der Waals surface area contributed by atoms with Crippen LogP contribution in [0.2, 0.25) is 0 Å². The van der Waals surface area contributed by atoms with Crippen molar-refractivity contribution in [1.29, 1.82) is 0 Å². The number of anilines is 1. The molecule has 22 heavy (non-hydrogen) atoms. The van der Waals surface area contributed by atoms with Crippen LogP contribution in [0.25, 0.3) is 0 Å². The molecular formula is C19H21NOS. The van der Waals surface area contributed by atoms with Gasteiger partial charge in [-0.2, -0.15) is 0 Å². The highest BCUT2D eigenvalue weighted by Crippen LogP contribution is 2.38. The normalized spacial score (nSPS) is 15.0. The molecule has 0 bridgehead atoms. The van der Waals surface area contributed by atoms with Crippen molar-refractivity contribution in [2.24, 2.45) is 0 Å². The Morgan fingerprint density at radius 3 is 2.64 bits per heavy atom. The van der Waals surface area contributed by atoms with Gasteiger partial charge in [0.1, 0.15) is 0 Å². The highest BCUT2D eigenvalue weighted by molar-refractivity contribution is 8.00. The van der Waals surface area contributed by atoms with Crippen LogP contribution < -0.4 is 5.32 Å². The number of aryl methyl sites for hydroxylation is 1. The quantitative estimate of drug-likeness (QED) is 0.832. The Balaban J connectivity index is 1.75. The van der Waals surface area contributed by atoms with Gasteiger partial charge in [0.05, 0.1) is 5.69 Å². The van der Waals surface area contributed by atoms with E-state index in [9.17, 15) is 4.79 Å². The molecule has 114 valence electrons. The average molecular weight is 311 g/mol. The second-order valence-electron chi connectivity index (χ2n) is 5.84. The molecule has 2 nitrogen and oxygen atoms in total. The fourth-order valence-electron chi connectivity index (χ4n) is 2.84. The van der Waals surface area contributed by atoms with Crippen LogP contribution in [-0.2, 0) is 0 Å². The van der Waals surface area contributed by atoms with Crippen molar-refractivity contribution in [2.45, 2.75) is 42.8 Å². The SMILES string of the molecule is Cc1cccc(C(=O)Nc2ccccc2SC2CCCC2)c1. The zero-order valence-corrected chi connectivity index (χ0v) is 13.7. The molecule has 1 amide bonds. The largest absolute Gasteiger partial charge is 0.321 e. The molecule has 0 heterocycles. The Labute approximate surface area is 136 Å². The highest BCUT2D eigenvalue weighted by Gasteiger charge is 2.18. The summed E-state index contributed by atoms with van der Waals surface area (Å²) in [5.74, 6) is -0.0387. The van der Waals surface area contributed by atoms with Gasteiger partial charge in [-0.05, 0) is 44.0 Å². The van der Waals surface area contributed by atoms with Crippen LogP contribution in [-0.4, -0.2) is 11.2 Å². The molecule has 3 heteroatoms. The molecule has 1 saturated carbocycles. The molecule has 0 aromatic heterocycles. The summed E-state index contributed by atoms with van der Waals surface area (Å²) in [4.78, 5) is 13.6. The lowest BCUT2D eigenvalue weighted by molar-refractivity contribution is 0.102. The molecule has 1 aliphatic carbocycles. The van der Waals surface area contributed by atoms with Crippen LogP contribution >= 0.6 is 11.8 Å². The number of benzene rings is 2. The van der Waals surface area contributed by atoms with Crippen molar-refractivity contribution < 1.29 is 4.79 Å². The summed E-state index contributed by atoms with van der Waals surface area (Å²) < 4.78 is 0. The maximum atomic E-state index is 12.4. The van der Waals surface area contributed by atoms with E-state index >= 15 is 0 Å². The van der Waals surface area contributed by atoms with Crippen molar-refractivity contribution in [3.63, 3.8) is 0 Å². The maximum Gasteiger partial charge on any atom is 0.255 e. The molecule has 3 rings (SSSR count). The minimum atomic E-state index is -0.0387. The summed E-state index contributed by atoms with van der Waals surface area (Å²) in [6, 6.07) is 15.8. The van der Waals surface area contributed by atoms with Crippen LogP contribution in [0.3, 0.4) is 0 Å². The fourth-order valence-corrected chi connectivity index (χ4v) is 4.17. The molecule has 1 N–H and O–H groups in total. The predicted octanol–water partition coefficient (Wildman–Crippen LogP) is 5.28. The van der Waals surface area contributed by atoms with Gasteiger partial charge < -0.3 is 5.32 Å². The molecule has 0 atom stereocenters. The Hall–Kier alpha value is -1.74. The number of carbonyl (C=O) groups is 1. The van der Waals surface area contributed by atoms with Gasteiger partial charge in [0.15, 0.2) is 0 Å². The standard InChI is InChI=1S/C19H21NOS/c1-14-7-6-8-15(13-14)19(21)20-17-11-4-5-12-18(17)22-16-9-2-3-10-16/h4-8,11-13,16H,2-3,9-10H2,1H3,(H,20,21). The molecular weight excluding hydrogens is 290 g/mol. The Bertz CT molecular complexity index is 662. The van der Waals surface area contributed by atoms with E-state index in [2.05, 4.69) is 11.4 Å². The van der Waals surface area contributed by atoms with Crippen molar-refractivity contribution in [3.05, 3.63) is 59.7 Å². The van der Waals surface area contributed by atoms with E-state index in [4.69, 9.17) is 0 Å². The van der Waals surface area contributed by atoms with Crippen LogP contribution in [0.5, 0.6) is 0 Å². The van der Waals surface area contributed by atoms with E-state index < -0.39 is 0 Å². The highest BCUT2D eigenvalue weighted by atomic mass is 32.2. The van der Waals surface area contributed by atoms with E-state index in [-0.39, 0.29) is 5.91 Å². The number of amides is 1. The second-order valence-corrected chi connectivity index (χ2v) is 7.19. The lowest BCUT2D eigenvalue weighted by Crippen LogP contribution is -2.12. The van der Waals surface area contributed by atoms with Gasteiger partial charge in [0.2, 0.25) is 0 Å². The minimum Gasteiger partial charge on any atom is -0.321 e. The van der Waals surface area contributed by atoms with E-state index in [0.717, 1.165) is 11.3 Å². The van der Waals surface area contributed by atoms with E-state index in [1.807, 2.05) is 61.2 Å². The van der Waals surface area contributed by atoms with Crippen LogP contribution in [0, 0.1) is 6.92 Å². The van der Waals surface area contributed by atoms with Gasteiger partial charge in [-0.15, -0.1) is 11.8 Å². The topological polar surface area (TPSA) is 29.1 Å². The van der Waals surface area contributed by atoms with Gasteiger partial charge >= 0.3 is 0 Å². The van der Waals surface area contributed by atoms with Gasteiger partial charge in [0, 0.05) is 15.7 Å². The number of rotatable bonds is 4. The third-order valence-electron chi connectivity index (χ3n) is 4.01. The molecule has 1 fully saturated rings. The summed E-state index contributed by atoms with van der Waals surface area (Å²) in [7, 11) is 0. The van der Waals surface area contributed by atoms with Crippen LogP contribution in [0.15, 0.2) is 53.4 Å². The Morgan fingerprint density at radius 2 is 1.86 bits per heavy atom. The van der Waals surface area contributed by atoms with Crippen LogP contribution in [0.1, 0.15) is 41.6 Å². The summed E-state index contributed by atoms with van der Waals surface area (Å²) in [5.41, 5.74) is 2.73. The van der Waals surface area contributed by atoms with E-state index in [1.54, 1.807) is 0 Å². The fraction of sp³-hybridized carbons (Fsp3) is 0.316. The average Bonchev–Trinajstić information content (AvgIpc) is 3.02. The first-order valence-electron chi connectivity index (χ1n) is 7.86. The van der Waals surface area contributed by atoms with Gasteiger partial charge in [-0.3, -0.25) is 4.79 Å². The third kappa shape index (κ3) is 3.72. The maximum absolute atomic E-state index is 12.4. The molecule has 0 radical (unpaired) electrons. The zero-order chi connectivity index (χ0) is 15.4. The Morgan fingerprint density at radius 1 is 1.09 bits per heavy atom. The first kappa shape index (κ1) is 15.2. The number of nitrogens with one attached hydrogen (secondary N) is 1. The number of para-hydroxylation sites is 1. The zero-order valence-electron chi connectivity index (χ0n) is 12.8. The molecule has 2 aromatic carbocycles.